The number of allylic oxidation sites excluding steroid dienone is 2. The predicted octanol–water partition coefficient (Wildman–Crippen LogP) is 5.24. The van der Waals surface area contributed by atoms with Crippen LogP contribution in [-0.4, -0.2) is 40.5 Å². The minimum absolute atomic E-state index is 0.0504. The fourth-order valence-corrected chi connectivity index (χ4v) is 5.05. The number of ether oxygens (including phenoxy) is 1. The molecule has 0 bridgehead atoms. The molecule has 0 radical (unpaired) electrons. The smallest absolute Gasteiger partial charge is 0.410 e. The molecule has 7 heteroatoms. The number of likely N-dealkylation sites (tertiary alicyclic amines) is 1. The standard InChI is InChI=1S/C26H32ClN3O3/c1-17-12-18(7-9-28-17)13-24(31)29-11-8-21-19(16-29)14-20(27)15-22(21)23-6-5-10-30(23)25(32)33-26(2,3)4/h7,9,12,14-15,23,28H,1,5-6,8,10-11,13,16H2,2-4H3/t23-/m0/s1. The van der Waals surface area contributed by atoms with Crippen molar-refractivity contribution < 1.29 is 14.3 Å². The first-order valence-corrected chi connectivity index (χ1v) is 11.9. The average Bonchev–Trinajstić information content (AvgIpc) is 3.21. The lowest BCUT2D eigenvalue weighted by atomic mass is 9.89. The zero-order valence-electron chi connectivity index (χ0n) is 19.6. The number of amides is 2. The number of rotatable bonds is 3. The van der Waals surface area contributed by atoms with Crippen molar-refractivity contribution >= 4 is 23.6 Å². The van der Waals surface area contributed by atoms with Crippen molar-refractivity contribution in [2.75, 3.05) is 13.1 Å². The summed E-state index contributed by atoms with van der Waals surface area (Å²) in [6.07, 6.45) is 8.23. The molecule has 3 heterocycles. The summed E-state index contributed by atoms with van der Waals surface area (Å²) in [5.41, 5.74) is 4.55. The number of benzene rings is 1. The molecular formula is C26H32ClN3O3. The maximum atomic E-state index is 13.0. The number of nitrogens with one attached hydrogen (secondary N) is 1. The van der Waals surface area contributed by atoms with Crippen molar-refractivity contribution in [3.05, 3.63) is 70.0 Å². The summed E-state index contributed by atoms with van der Waals surface area (Å²) >= 11 is 6.52. The Morgan fingerprint density at radius 3 is 2.79 bits per heavy atom. The third kappa shape index (κ3) is 5.44. The molecule has 1 aromatic rings. The van der Waals surface area contributed by atoms with E-state index in [1.54, 1.807) is 6.20 Å². The first-order chi connectivity index (χ1) is 15.6. The Hall–Kier alpha value is -2.73. The summed E-state index contributed by atoms with van der Waals surface area (Å²) in [5, 5.41) is 3.65. The first kappa shape index (κ1) is 23.4. The first-order valence-electron chi connectivity index (χ1n) is 11.5. The Balaban J connectivity index is 1.53. The topological polar surface area (TPSA) is 61.9 Å². The third-order valence-electron chi connectivity index (χ3n) is 6.21. The molecule has 1 atom stereocenters. The zero-order valence-corrected chi connectivity index (χ0v) is 20.4. The summed E-state index contributed by atoms with van der Waals surface area (Å²) in [4.78, 5) is 29.6. The van der Waals surface area contributed by atoms with Gasteiger partial charge in [0.05, 0.1) is 12.5 Å². The van der Waals surface area contributed by atoms with Crippen molar-refractivity contribution in [2.45, 2.75) is 64.6 Å². The summed E-state index contributed by atoms with van der Waals surface area (Å²) in [7, 11) is 0. The molecule has 0 saturated carbocycles. The molecule has 3 aliphatic heterocycles. The minimum Gasteiger partial charge on any atom is -0.444 e. The van der Waals surface area contributed by atoms with E-state index in [1.807, 2.05) is 54.9 Å². The Bertz CT molecular complexity index is 1040. The zero-order chi connectivity index (χ0) is 23.8. The fraction of sp³-hybridized carbons (Fsp3) is 0.462. The van der Waals surface area contributed by atoms with Crippen LogP contribution in [0.2, 0.25) is 5.02 Å². The van der Waals surface area contributed by atoms with E-state index in [0.29, 0.717) is 31.1 Å². The number of hydrogen-bond acceptors (Lipinski definition) is 4. The van der Waals surface area contributed by atoms with Gasteiger partial charge in [-0.3, -0.25) is 4.79 Å². The highest BCUT2D eigenvalue weighted by Crippen LogP contribution is 2.39. The molecule has 0 unspecified atom stereocenters. The average molecular weight is 470 g/mol. The summed E-state index contributed by atoms with van der Waals surface area (Å²) in [5.74, 6) is 0.0871. The maximum Gasteiger partial charge on any atom is 0.410 e. The number of halogens is 1. The molecular weight excluding hydrogens is 438 g/mol. The van der Waals surface area contributed by atoms with Crippen molar-refractivity contribution in [3.63, 3.8) is 0 Å². The highest BCUT2D eigenvalue weighted by Gasteiger charge is 2.36. The minimum atomic E-state index is -0.537. The highest BCUT2D eigenvalue weighted by atomic mass is 35.5. The van der Waals surface area contributed by atoms with E-state index in [9.17, 15) is 9.59 Å². The molecule has 6 nitrogen and oxygen atoms in total. The van der Waals surface area contributed by atoms with Gasteiger partial charge in [0.15, 0.2) is 0 Å². The van der Waals surface area contributed by atoms with E-state index in [0.717, 1.165) is 41.7 Å². The molecule has 1 fully saturated rings. The van der Waals surface area contributed by atoms with Crippen LogP contribution >= 0.6 is 11.6 Å². The predicted molar refractivity (Wildman–Crippen MR) is 130 cm³/mol. The van der Waals surface area contributed by atoms with Gasteiger partial charge < -0.3 is 19.9 Å². The highest BCUT2D eigenvalue weighted by molar-refractivity contribution is 6.30. The van der Waals surface area contributed by atoms with Crippen LogP contribution in [0.5, 0.6) is 0 Å². The van der Waals surface area contributed by atoms with Gasteiger partial charge in [0.1, 0.15) is 5.60 Å². The van der Waals surface area contributed by atoms with Gasteiger partial charge in [-0.1, -0.05) is 18.2 Å². The van der Waals surface area contributed by atoms with Crippen LogP contribution in [0.4, 0.5) is 4.79 Å². The lowest BCUT2D eigenvalue weighted by molar-refractivity contribution is -0.131. The second-order valence-electron chi connectivity index (χ2n) is 9.93. The molecule has 0 spiro atoms. The fourth-order valence-electron chi connectivity index (χ4n) is 4.80. The van der Waals surface area contributed by atoms with Crippen molar-refractivity contribution in [2.24, 2.45) is 0 Å². The number of carbonyl (C=O) groups excluding carboxylic acids is 2. The monoisotopic (exact) mass is 469 g/mol. The van der Waals surface area contributed by atoms with Crippen molar-refractivity contribution in [3.8, 4) is 0 Å². The Kier molecular flexibility index (Phi) is 6.57. The van der Waals surface area contributed by atoms with Crippen LogP contribution in [0.15, 0.2) is 48.3 Å². The molecule has 1 saturated heterocycles. The molecule has 0 aromatic heterocycles. The molecule has 3 aliphatic rings. The Morgan fingerprint density at radius 1 is 1.27 bits per heavy atom. The van der Waals surface area contributed by atoms with Gasteiger partial charge in [0.2, 0.25) is 5.91 Å². The quantitative estimate of drug-likeness (QED) is 0.657. The van der Waals surface area contributed by atoms with E-state index in [1.165, 1.54) is 5.56 Å². The van der Waals surface area contributed by atoms with Crippen molar-refractivity contribution in [1.82, 2.24) is 15.1 Å². The van der Waals surface area contributed by atoms with E-state index in [2.05, 4.69) is 11.9 Å². The van der Waals surface area contributed by atoms with Crippen LogP contribution in [0.1, 0.15) is 62.8 Å². The number of nitrogens with zero attached hydrogens (tertiary/aromatic N) is 2. The molecule has 0 aliphatic carbocycles. The second kappa shape index (κ2) is 9.26. The Labute approximate surface area is 200 Å². The summed E-state index contributed by atoms with van der Waals surface area (Å²) in [6, 6.07) is 3.89. The number of dihydropyridines is 1. The summed E-state index contributed by atoms with van der Waals surface area (Å²) in [6.45, 7) is 11.4. The SMILES string of the molecule is C=C1C=C(CC(=O)N2CCc3c(cc(Cl)cc3[C@@H]3CCCN3C(=O)OC(C)(C)C)C2)C=CN1. The lowest BCUT2D eigenvalue weighted by Gasteiger charge is -2.34. The lowest BCUT2D eigenvalue weighted by Crippen LogP contribution is -2.38. The summed E-state index contributed by atoms with van der Waals surface area (Å²) < 4.78 is 5.66. The normalized spacial score (nSPS) is 20.3. The molecule has 1 N–H and O–H groups in total. The van der Waals surface area contributed by atoms with E-state index < -0.39 is 5.60 Å². The van der Waals surface area contributed by atoms with Crippen LogP contribution in [0.25, 0.3) is 0 Å². The molecule has 4 rings (SSSR count). The Morgan fingerprint density at radius 2 is 2.06 bits per heavy atom. The molecule has 33 heavy (non-hydrogen) atoms. The van der Waals surface area contributed by atoms with Crippen LogP contribution in [0, 0.1) is 0 Å². The second-order valence-corrected chi connectivity index (χ2v) is 10.4. The van der Waals surface area contributed by atoms with E-state index in [-0.39, 0.29) is 18.0 Å². The van der Waals surface area contributed by atoms with Gasteiger partial charge in [0, 0.05) is 36.6 Å². The van der Waals surface area contributed by atoms with Crippen LogP contribution in [-0.2, 0) is 22.5 Å². The van der Waals surface area contributed by atoms with Crippen LogP contribution < -0.4 is 5.32 Å². The van der Waals surface area contributed by atoms with Gasteiger partial charge in [0.25, 0.3) is 0 Å². The maximum absolute atomic E-state index is 13.0. The van der Waals surface area contributed by atoms with Gasteiger partial charge in [-0.15, -0.1) is 0 Å². The molecule has 2 amide bonds. The van der Waals surface area contributed by atoms with Gasteiger partial charge in [-0.2, -0.15) is 0 Å². The largest absolute Gasteiger partial charge is 0.444 e. The van der Waals surface area contributed by atoms with E-state index in [4.69, 9.17) is 16.3 Å². The van der Waals surface area contributed by atoms with E-state index >= 15 is 0 Å². The van der Waals surface area contributed by atoms with Gasteiger partial charge >= 0.3 is 6.09 Å². The molecule has 1 aromatic carbocycles. The van der Waals surface area contributed by atoms with Crippen LogP contribution in [0.3, 0.4) is 0 Å². The number of carbonyl (C=O) groups is 2. The van der Waals surface area contributed by atoms with Gasteiger partial charge in [-0.25, -0.2) is 4.79 Å². The number of fused-ring (bicyclic) bond motifs is 1. The number of hydrogen-bond donors (Lipinski definition) is 1. The van der Waals surface area contributed by atoms with Crippen molar-refractivity contribution in [1.29, 1.82) is 0 Å². The third-order valence-corrected chi connectivity index (χ3v) is 6.43. The molecule has 176 valence electrons. The van der Waals surface area contributed by atoms with Gasteiger partial charge in [-0.05, 0) is 86.6 Å².